The zero-order valence-corrected chi connectivity index (χ0v) is 12.1. The van der Waals surface area contributed by atoms with Gasteiger partial charge in [-0.3, -0.25) is 4.79 Å². The van der Waals surface area contributed by atoms with E-state index in [-0.39, 0.29) is 11.9 Å². The Hall–Kier alpha value is -1.23. The first-order valence-corrected chi connectivity index (χ1v) is 7.99. The first kappa shape index (κ1) is 14.2. The van der Waals surface area contributed by atoms with Crippen LogP contribution in [0, 0.1) is 0 Å². The molecule has 5 heteroatoms. The number of carbonyl (C=O) groups excluding carboxylic acids is 1. The molecule has 1 fully saturated rings. The van der Waals surface area contributed by atoms with Gasteiger partial charge in [0.15, 0.2) is 0 Å². The molecule has 0 aromatic carbocycles. The molecule has 1 aliphatic heterocycles. The number of rotatable bonds is 4. The van der Waals surface area contributed by atoms with Gasteiger partial charge in [-0.25, -0.2) is 4.98 Å². The number of anilines is 1. The van der Waals surface area contributed by atoms with E-state index in [0.717, 1.165) is 30.7 Å². The van der Waals surface area contributed by atoms with Crippen molar-refractivity contribution in [2.45, 2.75) is 38.6 Å². The summed E-state index contributed by atoms with van der Waals surface area (Å²) in [6.07, 6.45) is 4.09. The maximum Gasteiger partial charge on any atom is 0.251 e. The molecule has 0 spiro atoms. The molecule has 1 amide bonds. The van der Waals surface area contributed by atoms with E-state index in [1.165, 1.54) is 12.2 Å². The van der Waals surface area contributed by atoms with Crippen LogP contribution >= 0.6 is 11.8 Å². The number of thioether (sulfide) groups is 1. The van der Waals surface area contributed by atoms with Gasteiger partial charge in [0.05, 0.1) is 0 Å². The van der Waals surface area contributed by atoms with Crippen LogP contribution < -0.4 is 11.1 Å². The lowest BCUT2D eigenvalue weighted by Crippen LogP contribution is -2.38. The number of amides is 1. The third kappa shape index (κ3) is 4.13. The van der Waals surface area contributed by atoms with Crippen molar-refractivity contribution in [3.05, 3.63) is 23.4 Å². The Kier molecular flexibility index (Phi) is 5.07. The molecule has 19 heavy (non-hydrogen) atoms. The van der Waals surface area contributed by atoms with E-state index < -0.39 is 0 Å². The summed E-state index contributed by atoms with van der Waals surface area (Å²) in [5.74, 6) is 2.61. The van der Waals surface area contributed by atoms with E-state index in [9.17, 15) is 4.79 Å². The molecule has 0 saturated carbocycles. The summed E-state index contributed by atoms with van der Waals surface area (Å²) in [6, 6.07) is 3.80. The quantitative estimate of drug-likeness (QED) is 0.887. The molecule has 104 valence electrons. The van der Waals surface area contributed by atoms with Crippen LogP contribution in [0.2, 0.25) is 0 Å². The Balaban J connectivity index is 2.05. The number of nitrogen functional groups attached to an aromatic ring is 1. The highest BCUT2D eigenvalue weighted by Crippen LogP contribution is 2.18. The molecule has 1 unspecified atom stereocenters. The van der Waals surface area contributed by atoms with E-state index in [1.54, 1.807) is 6.07 Å². The number of aryl methyl sites for hydroxylation is 1. The molecule has 1 aromatic heterocycles. The van der Waals surface area contributed by atoms with Crippen LogP contribution in [0.15, 0.2) is 12.1 Å². The third-order valence-corrected chi connectivity index (χ3v) is 4.38. The number of pyridine rings is 1. The van der Waals surface area contributed by atoms with Gasteiger partial charge in [-0.15, -0.1) is 0 Å². The van der Waals surface area contributed by atoms with Gasteiger partial charge < -0.3 is 11.1 Å². The van der Waals surface area contributed by atoms with Gasteiger partial charge in [0.1, 0.15) is 5.82 Å². The smallest absolute Gasteiger partial charge is 0.251 e. The molecular formula is C14H21N3OS. The Labute approximate surface area is 118 Å². The van der Waals surface area contributed by atoms with Crippen LogP contribution in [0.25, 0.3) is 0 Å². The standard InChI is InChI=1S/C14H21N3OS/c1-2-4-11-7-10(8-13(15)16-11)14(18)17-12-5-3-6-19-9-12/h7-8,12H,2-6,9H2,1H3,(H2,15,16)(H,17,18). The molecule has 1 aliphatic rings. The lowest BCUT2D eigenvalue weighted by atomic mass is 10.1. The van der Waals surface area contributed by atoms with Crippen molar-refractivity contribution in [3.63, 3.8) is 0 Å². The molecule has 0 aliphatic carbocycles. The number of hydrogen-bond donors (Lipinski definition) is 2. The number of aromatic nitrogens is 1. The molecule has 0 bridgehead atoms. The Bertz CT molecular complexity index is 444. The van der Waals surface area contributed by atoms with Crippen molar-refractivity contribution in [1.29, 1.82) is 0 Å². The second kappa shape index (κ2) is 6.80. The molecule has 2 heterocycles. The zero-order valence-electron chi connectivity index (χ0n) is 11.3. The second-order valence-corrected chi connectivity index (χ2v) is 6.06. The minimum Gasteiger partial charge on any atom is -0.384 e. The summed E-state index contributed by atoms with van der Waals surface area (Å²) < 4.78 is 0. The first-order chi connectivity index (χ1) is 9.19. The van der Waals surface area contributed by atoms with Gasteiger partial charge in [0.2, 0.25) is 0 Å². The van der Waals surface area contributed by atoms with E-state index in [0.29, 0.717) is 11.4 Å². The topological polar surface area (TPSA) is 68.0 Å². The SMILES string of the molecule is CCCc1cc(C(=O)NC2CCCSC2)cc(N)n1. The number of nitrogens with two attached hydrogens (primary N) is 1. The van der Waals surface area contributed by atoms with E-state index >= 15 is 0 Å². The molecule has 1 atom stereocenters. The maximum absolute atomic E-state index is 12.2. The van der Waals surface area contributed by atoms with Gasteiger partial charge in [0.25, 0.3) is 5.91 Å². The monoisotopic (exact) mass is 279 g/mol. The highest BCUT2D eigenvalue weighted by Gasteiger charge is 2.17. The van der Waals surface area contributed by atoms with Crippen LogP contribution in [0.3, 0.4) is 0 Å². The van der Waals surface area contributed by atoms with Crippen LogP contribution in [0.4, 0.5) is 5.82 Å². The highest BCUT2D eigenvalue weighted by molar-refractivity contribution is 7.99. The molecular weight excluding hydrogens is 258 g/mol. The van der Waals surface area contributed by atoms with E-state index in [2.05, 4.69) is 17.2 Å². The van der Waals surface area contributed by atoms with Crippen molar-refractivity contribution in [2.24, 2.45) is 0 Å². The Morgan fingerprint density at radius 1 is 1.58 bits per heavy atom. The number of hydrogen-bond acceptors (Lipinski definition) is 4. The van der Waals surface area contributed by atoms with E-state index in [1.807, 2.05) is 17.8 Å². The number of nitrogens with zero attached hydrogens (tertiary/aromatic N) is 1. The Morgan fingerprint density at radius 2 is 2.42 bits per heavy atom. The number of carbonyl (C=O) groups is 1. The predicted molar refractivity (Wildman–Crippen MR) is 80.5 cm³/mol. The highest BCUT2D eigenvalue weighted by atomic mass is 32.2. The van der Waals surface area contributed by atoms with Gasteiger partial charge in [0, 0.05) is 23.1 Å². The summed E-state index contributed by atoms with van der Waals surface area (Å²) in [7, 11) is 0. The average Bonchev–Trinajstić information content (AvgIpc) is 2.39. The minimum absolute atomic E-state index is 0.0287. The minimum atomic E-state index is -0.0287. The van der Waals surface area contributed by atoms with Gasteiger partial charge >= 0.3 is 0 Å². The lowest BCUT2D eigenvalue weighted by molar-refractivity contribution is 0.0938. The molecule has 1 saturated heterocycles. The summed E-state index contributed by atoms with van der Waals surface area (Å²) in [5.41, 5.74) is 7.29. The van der Waals surface area contributed by atoms with Crippen molar-refractivity contribution in [3.8, 4) is 0 Å². The Morgan fingerprint density at radius 3 is 3.11 bits per heavy atom. The molecule has 0 radical (unpaired) electrons. The molecule has 1 aromatic rings. The van der Waals surface area contributed by atoms with Crippen molar-refractivity contribution in [1.82, 2.24) is 10.3 Å². The zero-order chi connectivity index (χ0) is 13.7. The predicted octanol–water partition coefficient (Wildman–Crippen LogP) is 2.24. The number of nitrogens with one attached hydrogen (secondary N) is 1. The summed E-state index contributed by atoms with van der Waals surface area (Å²) in [5, 5.41) is 3.09. The van der Waals surface area contributed by atoms with Gasteiger partial charge in [-0.1, -0.05) is 13.3 Å². The molecule has 3 N–H and O–H groups in total. The van der Waals surface area contributed by atoms with Crippen LogP contribution in [0.1, 0.15) is 42.2 Å². The first-order valence-electron chi connectivity index (χ1n) is 6.84. The fraction of sp³-hybridized carbons (Fsp3) is 0.571. The fourth-order valence-corrected chi connectivity index (χ4v) is 3.32. The normalized spacial score (nSPS) is 19.1. The van der Waals surface area contributed by atoms with Crippen LogP contribution in [-0.4, -0.2) is 28.4 Å². The molecule has 4 nitrogen and oxygen atoms in total. The van der Waals surface area contributed by atoms with E-state index in [4.69, 9.17) is 5.73 Å². The van der Waals surface area contributed by atoms with Crippen LogP contribution in [-0.2, 0) is 6.42 Å². The van der Waals surface area contributed by atoms with Gasteiger partial charge in [-0.05, 0) is 37.1 Å². The second-order valence-electron chi connectivity index (χ2n) is 4.91. The maximum atomic E-state index is 12.2. The molecule has 2 rings (SSSR count). The summed E-state index contributed by atoms with van der Waals surface area (Å²) in [6.45, 7) is 2.09. The van der Waals surface area contributed by atoms with Crippen LogP contribution in [0.5, 0.6) is 0 Å². The van der Waals surface area contributed by atoms with Crippen molar-refractivity contribution < 1.29 is 4.79 Å². The van der Waals surface area contributed by atoms with Gasteiger partial charge in [-0.2, -0.15) is 11.8 Å². The summed E-state index contributed by atoms with van der Waals surface area (Å²) in [4.78, 5) is 16.5. The average molecular weight is 279 g/mol. The van der Waals surface area contributed by atoms with Crippen molar-refractivity contribution >= 4 is 23.5 Å². The third-order valence-electron chi connectivity index (χ3n) is 3.16. The summed E-state index contributed by atoms with van der Waals surface area (Å²) >= 11 is 1.90. The van der Waals surface area contributed by atoms with Crippen molar-refractivity contribution in [2.75, 3.05) is 17.2 Å². The fourth-order valence-electron chi connectivity index (χ4n) is 2.25. The largest absolute Gasteiger partial charge is 0.384 e. The lowest BCUT2D eigenvalue weighted by Gasteiger charge is -2.22.